The van der Waals surface area contributed by atoms with Crippen molar-refractivity contribution in [3.63, 3.8) is 0 Å². The van der Waals surface area contributed by atoms with E-state index in [-0.39, 0.29) is 5.91 Å². The van der Waals surface area contributed by atoms with Gasteiger partial charge in [-0.2, -0.15) is 0 Å². The first-order chi connectivity index (χ1) is 10.2. The first kappa shape index (κ1) is 15.8. The van der Waals surface area contributed by atoms with Crippen molar-refractivity contribution in [1.82, 2.24) is 10.2 Å². The third kappa shape index (κ3) is 5.05. The van der Waals surface area contributed by atoms with Crippen LogP contribution in [-0.4, -0.2) is 29.9 Å². The fraction of sp³-hybridized carbons (Fsp3) is 0.588. The first-order valence-corrected chi connectivity index (χ1v) is 8.04. The number of carbonyl (C=O) groups excluding carboxylic acids is 1. The van der Waals surface area contributed by atoms with Crippen LogP contribution in [0.25, 0.3) is 0 Å². The maximum Gasteiger partial charge on any atom is 0.234 e. The van der Waals surface area contributed by atoms with Crippen molar-refractivity contribution in [3.8, 4) is 0 Å². The number of hydrogen-bond acceptors (Lipinski definition) is 3. The number of nitrogen functional groups attached to an aromatic ring is 1. The lowest BCUT2D eigenvalue weighted by Gasteiger charge is -2.25. The number of rotatable bonds is 6. The molecule has 21 heavy (non-hydrogen) atoms. The Hall–Kier alpha value is -1.55. The summed E-state index contributed by atoms with van der Waals surface area (Å²) >= 11 is 0. The minimum atomic E-state index is 0.137. The average molecular weight is 289 g/mol. The molecule has 3 N–H and O–H groups in total. The fourth-order valence-corrected chi connectivity index (χ4v) is 2.92. The third-order valence-corrected chi connectivity index (χ3v) is 4.23. The number of anilines is 1. The number of nitrogens with zero attached hydrogens (tertiary/aromatic N) is 1. The van der Waals surface area contributed by atoms with Crippen molar-refractivity contribution in [2.45, 2.75) is 51.6 Å². The number of carbonyl (C=O) groups is 1. The molecule has 2 rings (SSSR count). The molecule has 0 aliphatic heterocycles. The Bertz CT molecular complexity index is 455. The molecule has 0 radical (unpaired) electrons. The summed E-state index contributed by atoms with van der Waals surface area (Å²) in [6.07, 6.45) is 6.04. The highest BCUT2D eigenvalue weighted by Gasteiger charge is 2.17. The van der Waals surface area contributed by atoms with E-state index in [0.29, 0.717) is 12.6 Å². The Morgan fingerprint density at radius 2 is 2.00 bits per heavy atom. The molecule has 1 fully saturated rings. The number of amides is 1. The van der Waals surface area contributed by atoms with E-state index in [9.17, 15) is 4.79 Å². The SMILES string of the molecule is CCN(CC(=O)NC1CCCCC1)Cc1ccccc1N. The summed E-state index contributed by atoms with van der Waals surface area (Å²) in [6, 6.07) is 8.24. The van der Waals surface area contributed by atoms with Crippen LogP contribution in [0.5, 0.6) is 0 Å². The lowest BCUT2D eigenvalue weighted by Crippen LogP contribution is -2.42. The van der Waals surface area contributed by atoms with E-state index in [4.69, 9.17) is 5.73 Å². The van der Waals surface area contributed by atoms with E-state index < -0.39 is 0 Å². The second-order valence-corrected chi connectivity index (χ2v) is 5.90. The molecule has 4 nitrogen and oxygen atoms in total. The van der Waals surface area contributed by atoms with Crippen molar-refractivity contribution in [2.75, 3.05) is 18.8 Å². The lowest BCUT2D eigenvalue weighted by molar-refractivity contribution is -0.123. The largest absolute Gasteiger partial charge is 0.398 e. The Morgan fingerprint density at radius 3 is 2.67 bits per heavy atom. The van der Waals surface area contributed by atoms with Crippen LogP contribution in [0, 0.1) is 0 Å². The smallest absolute Gasteiger partial charge is 0.234 e. The van der Waals surface area contributed by atoms with Gasteiger partial charge in [0.25, 0.3) is 0 Å². The summed E-state index contributed by atoms with van der Waals surface area (Å²) in [5.74, 6) is 0.137. The van der Waals surface area contributed by atoms with E-state index >= 15 is 0 Å². The zero-order valence-corrected chi connectivity index (χ0v) is 13.0. The fourth-order valence-electron chi connectivity index (χ4n) is 2.92. The average Bonchev–Trinajstić information content (AvgIpc) is 2.49. The predicted molar refractivity (Wildman–Crippen MR) is 86.8 cm³/mol. The molecule has 1 aromatic carbocycles. The minimum Gasteiger partial charge on any atom is -0.398 e. The number of nitrogens with two attached hydrogens (primary N) is 1. The molecule has 0 unspecified atom stereocenters. The van der Waals surface area contributed by atoms with Crippen LogP contribution < -0.4 is 11.1 Å². The maximum absolute atomic E-state index is 12.2. The van der Waals surface area contributed by atoms with Crippen LogP contribution in [0.15, 0.2) is 24.3 Å². The zero-order chi connectivity index (χ0) is 15.1. The van der Waals surface area contributed by atoms with Gasteiger partial charge in [0.1, 0.15) is 0 Å². The summed E-state index contributed by atoms with van der Waals surface area (Å²) in [4.78, 5) is 14.3. The topological polar surface area (TPSA) is 58.4 Å². The highest BCUT2D eigenvalue weighted by atomic mass is 16.2. The van der Waals surface area contributed by atoms with Gasteiger partial charge in [-0.3, -0.25) is 9.69 Å². The van der Waals surface area contributed by atoms with Gasteiger partial charge in [0.15, 0.2) is 0 Å². The summed E-state index contributed by atoms with van der Waals surface area (Å²) in [5, 5.41) is 3.17. The molecule has 0 spiro atoms. The predicted octanol–water partition coefficient (Wildman–Crippen LogP) is 2.54. The van der Waals surface area contributed by atoms with Crippen molar-refractivity contribution in [2.24, 2.45) is 0 Å². The van der Waals surface area contributed by atoms with Crippen molar-refractivity contribution >= 4 is 11.6 Å². The lowest BCUT2D eigenvalue weighted by atomic mass is 9.95. The number of likely N-dealkylation sites (N-methyl/N-ethyl adjacent to an activating group) is 1. The number of benzene rings is 1. The second-order valence-electron chi connectivity index (χ2n) is 5.90. The van der Waals surface area contributed by atoms with Gasteiger partial charge < -0.3 is 11.1 Å². The highest BCUT2D eigenvalue weighted by Crippen LogP contribution is 2.17. The van der Waals surface area contributed by atoms with Crippen LogP contribution in [0.2, 0.25) is 0 Å². The molecular weight excluding hydrogens is 262 g/mol. The number of nitrogens with one attached hydrogen (secondary N) is 1. The Kier molecular flexibility index (Phi) is 6.05. The van der Waals surface area contributed by atoms with Gasteiger partial charge in [0, 0.05) is 18.3 Å². The molecule has 0 bridgehead atoms. The van der Waals surface area contributed by atoms with E-state index in [1.54, 1.807) is 0 Å². The molecule has 0 saturated heterocycles. The van der Waals surface area contributed by atoms with Gasteiger partial charge >= 0.3 is 0 Å². The molecule has 1 aliphatic rings. The quantitative estimate of drug-likeness (QED) is 0.791. The normalized spacial score (nSPS) is 16.1. The van der Waals surface area contributed by atoms with Gasteiger partial charge in [-0.1, -0.05) is 44.4 Å². The van der Waals surface area contributed by atoms with E-state index in [2.05, 4.69) is 17.1 Å². The molecule has 4 heteroatoms. The third-order valence-electron chi connectivity index (χ3n) is 4.23. The molecule has 116 valence electrons. The van der Waals surface area contributed by atoms with E-state index in [1.807, 2.05) is 24.3 Å². The Morgan fingerprint density at radius 1 is 1.29 bits per heavy atom. The van der Waals surface area contributed by atoms with Crippen LogP contribution in [0.4, 0.5) is 5.69 Å². The van der Waals surface area contributed by atoms with E-state index in [1.165, 1.54) is 19.3 Å². The van der Waals surface area contributed by atoms with Gasteiger partial charge in [-0.25, -0.2) is 0 Å². The molecule has 1 saturated carbocycles. The molecule has 0 atom stereocenters. The molecule has 1 amide bonds. The Balaban J connectivity index is 1.83. The molecule has 1 aromatic rings. The summed E-state index contributed by atoms with van der Waals surface area (Å²) in [7, 11) is 0. The number of hydrogen-bond donors (Lipinski definition) is 2. The van der Waals surface area contributed by atoms with E-state index in [0.717, 1.165) is 37.2 Å². The van der Waals surface area contributed by atoms with Gasteiger partial charge in [0.2, 0.25) is 5.91 Å². The van der Waals surface area contributed by atoms with Gasteiger partial charge in [0.05, 0.1) is 6.54 Å². The first-order valence-electron chi connectivity index (χ1n) is 8.04. The Labute approximate surface area is 127 Å². The van der Waals surface area contributed by atoms with Crippen molar-refractivity contribution in [1.29, 1.82) is 0 Å². The molecule has 0 heterocycles. The molecule has 1 aliphatic carbocycles. The molecular formula is C17H27N3O. The minimum absolute atomic E-state index is 0.137. The van der Waals surface area contributed by atoms with Gasteiger partial charge in [-0.15, -0.1) is 0 Å². The van der Waals surface area contributed by atoms with Crippen molar-refractivity contribution < 1.29 is 4.79 Å². The van der Waals surface area contributed by atoms with Crippen LogP contribution in [0.3, 0.4) is 0 Å². The number of para-hydroxylation sites is 1. The second kappa shape index (κ2) is 8.03. The van der Waals surface area contributed by atoms with Gasteiger partial charge in [-0.05, 0) is 31.0 Å². The monoisotopic (exact) mass is 289 g/mol. The maximum atomic E-state index is 12.2. The highest BCUT2D eigenvalue weighted by molar-refractivity contribution is 5.78. The van der Waals surface area contributed by atoms with Crippen LogP contribution in [0.1, 0.15) is 44.6 Å². The molecule has 0 aromatic heterocycles. The van der Waals surface area contributed by atoms with Crippen LogP contribution >= 0.6 is 0 Å². The zero-order valence-electron chi connectivity index (χ0n) is 13.0. The van der Waals surface area contributed by atoms with Crippen LogP contribution in [-0.2, 0) is 11.3 Å². The van der Waals surface area contributed by atoms with Crippen molar-refractivity contribution in [3.05, 3.63) is 29.8 Å². The summed E-state index contributed by atoms with van der Waals surface area (Å²) in [6.45, 7) is 4.09. The standard InChI is InChI=1S/C17H27N3O/c1-2-20(12-14-8-6-7-11-16(14)18)13-17(21)19-15-9-4-3-5-10-15/h6-8,11,15H,2-5,9-10,12-13,18H2,1H3,(H,19,21). The summed E-state index contributed by atoms with van der Waals surface area (Å²) < 4.78 is 0. The summed E-state index contributed by atoms with van der Waals surface area (Å²) in [5.41, 5.74) is 7.86.